The molecule has 18 heavy (non-hydrogen) atoms. The third-order valence-electron chi connectivity index (χ3n) is 3.57. The van der Waals surface area contributed by atoms with Crippen LogP contribution >= 0.6 is 31.9 Å². The predicted molar refractivity (Wildman–Crippen MR) is 80.5 cm³/mol. The van der Waals surface area contributed by atoms with Crippen molar-refractivity contribution in [2.75, 3.05) is 7.05 Å². The Labute approximate surface area is 125 Å². The molecule has 2 rings (SSSR count). The molecule has 1 aromatic rings. The minimum atomic E-state index is -0.174. The van der Waals surface area contributed by atoms with E-state index in [9.17, 15) is 4.39 Å². The fourth-order valence-electron chi connectivity index (χ4n) is 2.67. The van der Waals surface area contributed by atoms with Crippen molar-refractivity contribution >= 4 is 31.9 Å². The lowest BCUT2D eigenvalue weighted by molar-refractivity contribution is 0.193. The molecule has 0 spiro atoms. The fourth-order valence-corrected chi connectivity index (χ4v) is 4.17. The molecule has 0 heterocycles. The quantitative estimate of drug-likeness (QED) is 0.687. The molecule has 1 aliphatic carbocycles. The summed E-state index contributed by atoms with van der Waals surface area (Å²) in [5.41, 5.74) is 1.02. The number of nitrogens with zero attached hydrogens (tertiary/aromatic N) is 1. The highest BCUT2D eigenvalue weighted by atomic mass is 79.9. The van der Waals surface area contributed by atoms with Crippen LogP contribution in [0.1, 0.15) is 31.2 Å². The number of hydrogen-bond acceptors (Lipinski definition) is 1. The SMILES string of the molecule is CN(Cc1cc(F)cc(Br)c1)C1CCCCC1Br. The summed E-state index contributed by atoms with van der Waals surface area (Å²) in [7, 11) is 2.13. The Morgan fingerprint density at radius 3 is 2.67 bits per heavy atom. The number of alkyl halides is 1. The molecule has 0 bridgehead atoms. The number of hydrogen-bond donors (Lipinski definition) is 0. The van der Waals surface area contributed by atoms with Crippen molar-refractivity contribution in [1.82, 2.24) is 4.90 Å². The van der Waals surface area contributed by atoms with Crippen LogP contribution in [0, 0.1) is 5.82 Å². The first-order valence-corrected chi connectivity index (χ1v) is 8.06. The lowest BCUT2D eigenvalue weighted by Gasteiger charge is -2.35. The van der Waals surface area contributed by atoms with E-state index in [2.05, 4.69) is 43.8 Å². The van der Waals surface area contributed by atoms with Crippen molar-refractivity contribution in [3.63, 3.8) is 0 Å². The number of rotatable bonds is 3. The second kappa shape index (κ2) is 6.49. The molecule has 1 fully saturated rings. The van der Waals surface area contributed by atoms with Gasteiger partial charge in [0.25, 0.3) is 0 Å². The van der Waals surface area contributed by atoms with Gasteiger partial charge in [0.15, 0.2) is 0 Å². The van der Waals surface area contributed by atoms with E-state index < -0.39 is 0 Å². The van der Waals surface area contributed by atoms with Crippen LogP contribution in [-0.2, 0) is 6.54 Å². The second-order valence-electron chi connectivity index (χ2n) is 5.06. The van der Waals surface area contributed by atoms with Crippen LogP contribution < -0.4 is 0 Å². The molecular formula is C14H18Br2FN. The smallest absolute Gasteiger partial charge is 0.124 e. The molecule has 0 radical (unpaired) electrons. The fraction of sp³-hybridized carbons (Fsp3) is 0.571. The van der Waals surface area contributed by atoms with Crippen LogP contribution in [0.2, 0.25) is 0 Å². The van der Waals surface area contributed by atoms with Gasteiger partial charge in [0, 0.05) is 21.9 Å². The molecule has 2 unspecified atom stereocenters. The Balaban J connectivity index is 2.03. The van der Waals surface area contributed by atoms with E-state index in [0.29, 0.717) is 10.9 Å². The van der Waals surface area contributed by atoms with Crippen molar-refractivity contribution in [1.29, 1.82) is 0 Å². The lowest BCUT2D eigenvalue weighted by atomic mass is 9.94. The van der Waals surface area contributed by atoms with Crippen molar-refractivity contribution in [2.45, 2.75) is 43.1 Å². The molecule has 1 nitrogen and oxygen atoms in total. The average Bonchev–Trinajstić information content (AvgIpc) is 2.27. The Morgan fingerprint density at radius 1 is 1.28 bits per heavy atom. The zero-order chi connectivity index (χ0) is 13.1. The first-order chi connectivity index (χ1) is 8.56. The summed E-state index contributed by atoms with van der Waals surface area (Å²) in [5, 5.41) is 0. The van der Waals surface area contributed by atoms with E-state index in [1.165, 1.54) is 31.7 Å². The minimum absolute atomic E-state index is 0.174. The van der Waals surface area contributed by atoms with Crippen LogP contribution in [0.25, 0.3) is 0 Å². The first-order valence-electron chi connectivity index (χ1n) is 6.35. The van der Waals surface area contributed by atoms with E-state index in [4.69, 9.17) is 0 Å². The molecule has 1 saturated carbocycles. The first kappa shape index (κ1) is 14.5. The van der Waals surface area contributed by atoms with E-state index in [0.717, 1.165) is 16.6 Å². The standard InChI is InChI=1S/C14H18Br2FN/c1-18(14-5-3-2-4-13(14)16)9-10-6-11(15)8-12(17)7-10/h6-8,13-14H,2-5,9H2,1H3. The van der Waals surface area contributed by atoms with Gasteiger partial charge >= 0.3 is 0 Å². The molecule has 0 aromatic heterocycles. The van der Waals surface area contributed by atoms with E-state index in [1.54, 1.807) is 6.07 Å². The minimum Gasteiger partial charge on any atom is -0.298 e. The van der Waals surface area contributed by atoms with Gasteiger partial charge in [0.1, 0.15) is 5.82 Å². The maximum Gasteiger partial charge on any atom is 0.124 e. The predicted octanol–water partition coefficient (Wildman–Crippen LogP) is 4.73. The third kappa shape index (κ3) is 3.78. The number of benzene rings is 1. The molecule has 1 aromatic carbocycles. The highest BCUT2D eigenvalue weighted by Crippen LogP contribution is 2.29. The summed E-state index contributed by atoms with van der Waals surface area (Å²) in [5.74, 6) is -0.174. The second-order valence-corrected chi connectivity index (χ2v) is 7.15. The van der Waals surface area contributed by atoms with Gasteiger partial charge in [0.2, 0.25) is 0 Å². The van der Waals surface area contributed by atoms with Crippen LogP contribution in [0.3, 0.4) is 0 Å². The molecule has 0 saturated heterocycles. The zero-order valence-electron chi connectivity index (χ0n) is 10.5. The van der Waals surface area contributed by atoms with Crippen LogP contribution in [0.5, 0.6) is 0 Å². The molecule has 2 atom stereocenters. The van der Waals surface area contributed by atoms with Gasteiger partial charge in [-0.2, -0.15) is 0 Å². The Morgan fingerprint density at radius 2 is 2.00 bits per heavy atom. The van der Waals surface area contributed by atoms with Crippen molar-refractivity contribution < 1.29 is 4.39 Å². The molecule has 0 amide bonds. The van der Waals surface area contributed by atoms with Gasteiger partial charge in [-0.15, -0.1) is 0 Å². The Kier molecular flexibility index (Phi) is 5.22. The third-order valence-corrected chi connectivity index (χ3v) is 5.09. The van der Waals surface area contributed by atoms with Crippen LogP contribution in [0.4, 0.5) is 4.39 Å². The summed E-state index contributed by atoms with van der Waals surface area (Å²) in [6.07, 6.45) is 5.07. The largest absolute Gasteiger partial charge is 0.298 e. The molecular weight excluding hydrogens is 361 g/mol. The normalized spacial score (nSPS) is 24.5. The van der Waals surface area contributed by atoms with E-state index in [1.807, 2.05) is 6.07 Å². The van der Waals surface area contributed by atoms with Crippen LogP contribution in [-0.4, -0.2) is 22.8 Å². The monoisotopic (exact) mass is 377 g/mol. The van der Waals surface area contributed by atoms with Crippen molar-refractivity contribution in [3.05, 3.63) is 34.1 Å². The Bertz CT molecular complexity index is 391. The summed E-state index contributed by atoms with van der Waals surface area (Å²) >= 11 is 7.12. The molecule has 0 N–H and O–H groups in total. The van der Waals surface area contributed by atoms with Gasteiger partial charge in [-0.3, -0.25) is 4.90 Å². The topological polar surface area (TPSA) is 3.24 Å². The van der Waals surface area contributed by atoms with Gasteiger partial charge in [-0.25, -0.2) is 4.39 Å². The molecule has 4 heteroatoms. The van der Waals surface area contributed by atoms with Crippen molar-refractivity contribution in [3.8, 4) is 0 Å². The summed E-state index contributed by atoms with van der Waals surface area (Å²) in [4.78, 5) is 2.90. The van der Waals surface area contributed by atoms with Crippen molar-refractivity contribution in [2.24, 2.45) is 0 Å². The summed E-state index contributed by atoms with van der Waals surface area (Å²) in [6, 6.07) is 5.66. The zero-order valence-corrected chi connectivity index (χ0v) is 13.7. The van der Waals surface area contributed by atoms with Crippen LogP contribution in [0.15, 0.2) is 22.7 Å². The number of halogens is 3. The summed E-state index contributed by atoms with van der Waals surface area (Å²) in [6.45, 7) is 0.795. The molecule has 1 aliphatic rings. The molecule has 100 valence electrons. The molecule has 0 aliphatic heterocycles. The maximum absolute atomic E-state index is 13.3. The highest BCUT2D eigenvalue weighted by molar-refractivity contribution is 9.10. The maximum atomic E-state index is 13.3. The van der Waals surface area contributed by atoms with E-state index in [-0.39, 0.29) is 5.82 Å². The highest BCUT2D eigenvalue weighted by Gasteiger charge is 2.26. The average molecular weight is 379 g/mol. The van der Waals surface area contributed by atoms with Gasteiger partial charge < -0.3 is 0 Å². The van der Waals surface area contributed by atoms with Gasteiger partial charge in [0.05, 0.1) is 0 Å². The van der Waals surface area contributed by atoms with Gasteiger partial charge in [-0.05, 0) is 43.7 Å². The lowest BCUT2D eigenvalue weighted by Crippen LogP contribution is -2.40. The Hall–Kier alpha value is 0.0700. The van der Waals surface area contributed by atoms with E-state index >= 15 is 0 Å². The summed E-state index contributed by atoms with van der Waals surface area (Å²) < 4.78 is 14.1. The van der Waals surface area contributed by atoms with Gasteiger partial charge in [-0.1, -0.05) is 44.7 Å².